The SMILES string of the molecule is C=CC(Cn1cc(I)c2c(Cl)ncnc21)N(C(=O)O)C(C)(C)C. The van der Waals surface area contributed by atoms with Crippen LogP contribution in [0.4, 0.5) is 4.79 Å². The summed E-state index contributed by atoms with van der Waals surface area (Å²) in [5.74, 6) is 0. The highest BCUT2D eigenvalue weighted by Crippen LogP contribution is 2.28. The van der Waals surface area contributed by atoms with Crippen LogP contribution in [-0.2, 0) is 6.54 Å². The molecule has 1 unspecified atom stereocenters. The van der Waals surface area contributed by atoms with E-state index in [4.69, 9.17) is 11.6 Å². The van der Waals surface area contributed by atoms with E-state index in [1.54, 1.807) is 6.08 Å². The minimum atomic E-state index is -0.985. The second kappa shape index (κ2) is 6.64. The summed E-state index contributed by atoms with van der Waals surface area (Å²) in [6, 6.07) is -0.396. The van der Waals surface area contributed by atoms with Crippen LogP contribution in [0.15, 0.2) is 25.2 Å². The molecule has 8 heteroatoms. The number of hydrogen-bond acceptors (Lipinski definition) is 3. The molecule has 1 amide bonds. The minimum absolute atomic E-state index is 0.388. The molecule has 0 aromatic carbocycles. The predicted molar refractivity (Wildman–Crippen MR) is 98.9 cm³/mol. The van der Waals surface area contributed by atoms with Gasteiger partial charge in [0.05, 0.1) is 11.4 Å². The van der Waals surface area contributed by atoms with E-state index >= 15 is 0 Å². The maximum Gasteiger partial charge on any atom is 0.408 e. The van der Waals surface area contributed by atoms with E-state index in [0.29, 0.717) is 17.3 Å². The number of rotatable bonds is 4. The Kier molecular flexibility index (Phi) is 5.20. The molecule has 0 aliphatic carbocycles. The number of hydrogen-bond donors (Lipinski definition) is 1. The van der Waals surface area contributed by atoms with Crippen LogP contribution >= 0.6 is 34.2 Å². The summed E-state index contributed by atoms with van der Waals surface area (Å²) < 4.78 is 2.81. The number of amides is 1. The molecule has 23 heavy (non-hydrogen) atoms. The van der Waals surface area contributed by atoms with Gasteiger partial charge in [-0.1, -0.05) is 17.7 Å². The topological polar surface area (TPSA) is 71.2 Å². The molecule has 0 saturated carbocycles. The quantitative estimate of drug-likeness (QED) is 0.436. The summed E-state index contributed by atoms with van der Waals surface area (Å²) in [7, 11) is 0. The summed E-state index contributed by atoms with van der Waals surface area (Å²) in [6.07, 6.45) is 3.95. The van der Waals surface area contributed by atoms with Crippen molar-refractivity contribution in [3.05, 3.63) is 33.9 Å². The van der Waals surface area contributed by atoms with Crippen LogP contribution in [0.3, 0.4) is 0 Å². The second-order valence-electron chi connectivity index (χ2n) is 6.12. The van der Waals surface area contributed by atoms with Gasteiger partial charge in [0, 0.05) is 21.9 Å². The van der Waals surface area contributed by atoms with Crippen molar-refractivity contribution < 1.29 is 9.90 Å². The van der Waals surface area contributed by atoms with Gasteiger partial charge in [0.25, 0.3) is 0 Å². The van der Waals surface area contributed by atoms with Crippen molar-refractivity contribution in [3.63, 3.8) is 0 Å². The van der Waals surface area contributed by atoms with Gasteiger partial charge in [0.1, 0.15) is 17.1 Å². The van der Waals surface area contributed by atoms with Crippen molar-refractivity contribution >= 4 is 51.3 Å². The Morgan fingerprint density at radius 1 is 1.57 bits per heavy atom. The van der Waals surface area contributed by atoms with Gasteiger partial charge in [0.2, 0.25) is 0 Å². The molecule has 0 aliphatic heterocycles. The molecule has 0 saturated heterocycles. The van der Waals surface area contributed by atoms with Gasteiger partial charge in [-0.2, -0.15) is 0 Å². The molecule has 0 spiro atoms. The molecule has 2 aromatic heterocycles. The summed E-state index contributed by atoms with van der Waals surface area (Å²) in [5, 5.41) is 10.7. The number of carboxylic acid groups (broad SMARTS) is 1. The van der Waals surface area contributed by atoms with Crippen molar-refractivity contribution in [1.29, 1.82) is 0 Å². The molecule has 1 atom stereocenters. The fourth-order valence-corrected chi connectivity index (χ4v) is 3.79. The normalized spacial score (nSPS) is 13.1. The Bertz CT molecular complexity index is 754. The van der Waals surface area contributed by atoms with Gasteiger partial charge in [-0.05, 0) is 43.4 Å². The van der Waals surface area contributed by atoms with E-state index < -0.39 is 17.7 Å². The fourth-order valence-electron chi connectivity index (χ4n) is 2.57. The summed E-state index contributed by atoms with van der Waals surface area (Å²) >= 11 is 8.31. The average Bonchev–Trinajstić information content (AvgIpc) is 2.74. The van der Waals surface area contributed by atoms with Crippen LogP contribution in [0.2, 0.25) is 5.15 Å². The van der Waals surface area contributed by atoms with E-state index in [1.165, 1.54) is 11.2 Å². The maximum absolute atomic E-state index is 11.7. The highest BCUT2D eigenvalue weighted by Gasteiger charge is 2.32. The molecular formula is C15H18ClIN4O2. The van der Waals surface area contributed by atoms with Gasteiger partial charge in [-0.3, -0.25) is 4.90 Å². The number of aromatic nitrogens is 3. The minimum Gasteiger partial charge on any atom is -0.465 e. The highest BCUT2D eigenvalue weighted by atomic mass is 127. The molecule has 0 radical (unpaired) electrons. The zero-order chi connectivity index (χ0) is 17.4. The average molecular weight is 449 g/mol. The van der Waals surface area contributed by atoms with Crippen LogP contribution in [0.25, 0.3) is 11.0 Å². The van der Waals surface area contributed by atoms with E-state index in [-0.39, 0.29) is 0 Å². The smallest absolute Gasteiger partial charge is 0.408 e. The third-order valence-electron chi connectivity index (χ3n) is 3.48. The first kappa shape index (κ1) is 18.0. The molecule has 124 valence electrons. The zero-order valence-electron chi connectivity index (χ0n) is 13.1. The third kappa shape index (κ3) is 3.60. The molecule has 2 heterocycles. The van der Waals surface area contributed by atoms with Crippen molar-refractivity contribution in [2.45, 2.75) is 38.9 Å². The second-order valence-corrected chi connectivity index (χ2v) is 7.64. The lowest BCUT2D eigenvalue weighted by Gasteiger charge is -2.38. The molecular weight excluding hydrogens is 431 g/mol. The molecule has 2 rings (SSSR count). The largest absolute Gasteiger partial charge is 0.465 e. The fraction of sp³-hybridized carbons (Fsp3) is 0.400. The summed E-state index contributed by atoms with van der Waals surface area (Å²) in [5.41, 5.74) is 0.133. The number of halogens is 2. The lowest BCUT2D eigenvalue weighted by Crippen LogP contribution is -2.51. The molecule has 1 N–H and O–H groups in total. The third-order valence-corrected chi connectivity index (χ3v) is 4.58. The lowest BCUT2D eigenvalue weighted by atomic mass is 10.0. The first-order chi connectivity index (χ1) is 10.7. The Balaban J connectivity index is 2.46. The van der Waals surface area contributed by atoms with Crippen LogP contribution in [0.5, 0.6) is 0 Å². The Hall–Kier alpha value is -1.35. The van der Waals surface area contributed by atoms with E-state index in [0.717, 1.165) is 8.96 Å². The number of fused-ring (bicyclic) bond motifs is 1. The van der Waals surface area contributed by atoms with Crippen LogP contribution < -0.4 is 0 Å². The van der Waals surface area contributed by atoms with Crippen molar-refractivity contribution in [2.75, 3.05) is 0 Å². The number of carbonyl (C=O) groups is 1. The van der Waals surface area contributed by atoms with Crippen LogP contribution in [0.1, 0.15) is 20.8 Å². The van der Waals surface area contributed by atoms with Gasteiger partial charge in [-0.15, -0.1) is 6.58 Å². The first-order valence-corrected chi connectivity index (χ1v) is 8.42. The standard InChI is InChI=1S/C15H18ClIN4O2/c1-5-9(21(14(22)23)15(2,3)4)6-20-7-10(17)11-12(16)18-8-19-13(11)20/h5,7-9H,1,6H2,2-4H3,(H,22,23). The highest BCUT2D eigenvalue weighted by molar-refractivity contribution is 14.1. The first-order valence-electron chi connectivity index (χ1n) is 6.96. The molecule has 0 bridgehead atoms. The van der Waals surface area contributed by atoms with Crippen LogP contribution in [-0.4, -0.2) is 42.2 Å². The Morgan fingerprint density at radius 2 is 2.22 bits per heavy atom. The van der Waals surface area contributed by atoms with E-state index in [9.17, 15) is 9.90 Å². The van der Waals surface area contributed by atoms with Crippen LogP contribution in [0, 0.1) is 3.57 Å². The number of nitrogens with zero attached hydrogens (tertiary/aromatic N) is 4. The monoisotopic (exact) mass is 448 g/mol. The van der Waals surface area contributed by atoms with Gasteiger partial charge in [0.15, 0.2) is 0 Å². The molecule has 0 fully saturated rings. The Labute approximate surface area is 153 Å². The Morgan fingerprint density at radius 3 is 2.74 bits per heavy atom. The van der Waals surface area contributed by atoms with Crippen molar-refractivity contribution in [2.24, 2.45) is 0 Å². The predicted octanol–water partition coefficient (Wildman–Crippen LogP) is 4.02. The van der Waals surface area contributed by atoms with Crippen molar-refractivity contribution in [1.82, 2.24) is 19.4 Å². The van der Waals surface area contributed by atoms with Gasteiger partial charge >= 0.3 is 6.09 Å². The molecule has 2 aromatic rings. The van der Waals surface area contributed by atoms with Crippen molar-refractivity contribution in [3.8, 4) is 0 Å². The van der Waals surface area contributed by atoms with E-state index in [2.05, 4.69) is 39.1 Å². The summed E-state index contributed by atoms with van der Waals surface area (Å²) in [6.45, 7) is 9.77. The van der Waals surface area contributed by atoms with Gasteiger partial charge < -0.3 is 9.67 Å². The van der Waals surface area contributed by atoms with E-state index in [1.807, 2.05) is 31.5 Å². The lowest BCUT2D eigenvalue weighted by molar-refractivity contribution is 0.0788. The zero-order valence-corrected chi connectivity index (χ0v) is 16.0. The molecule has 6 nitrogen and oxygen atoms in total. The van der Waals surface area contributed by atoms with Gasteiger partial charge in [-0.25, -0.2) is 14.8 Å². The molecule has 0 aliphatic rings. The summed E-state index contributed by atoms with van der Waals surface area (Å²) in [4.78, 5) is 21.3. The maximum atomic E-state index is 11.7.